The molecule has 0 saturated carbocycles. The average Bonchev–Trinajstić information content (AvgIpc) is 2.71. The Hall–Kier alpha value is -2.45. The summed E-state index contributed by atoms with van der Waals surface area (Å²) in [6, 6.07) is 2.06. The SMILES string of the molecule is Cn1nnc(Cc2ccc(C(F)(F)F)cc2F)c1C(=O)O. The molecule has 1 N–H and O–H groups in total. The van der Waals surface area contributed by atoms with E-state index in [0.29, 0.717) is 6.07 Å². The van der Waals surface area contributed by atoms with Gasteiger partial charge in [0.05, 0.1) is 5.56 Å². The standard InChI is InChI=1S/C12H9F4N3O2/c1-19-10(11(20)21)9(17-18-19)4-6-2-3-7(5-8(6)13)12(14,15)16/h2-3,5H,4H2,1H3,(H,20,21). The molecule has 0 radical (unpaired) electrons. The molecule has 21 heavy (non-hydrogen) atoms. The Balaban J connectivity index is 2.35. The van der Waals surface area contributed by atoms with Gasteiger partial charge in [0, 0.05) is 13.5 Å². The van der Waals surface area contributed by atoms with Crippen LogP contribution in [-0.2, 0) is 19.6 Å². The Morgan fingerprint density at radius 2 is 2.05 bits per heavy atom. The molecule has 5 nitrogen and oxygen atoms in total. The minimum absolute atomic E-state index is 0.0244. The number of aromatic nitrogens is 3. The minimum Gasteiger partial charge on any atom is -0.476 e. The number of carboxylic acids is 1. The second-order valence-electron chi connectivity index (χ2n) is 4.29. The predicted molar refractivity (Wildman–Crippen MR) is 62.2 cm³/mol. The van der Waals surface area contributed by atoms with Gasteiger partial charge in [-0.05, 0) is 17.7 Å². The van der Waals surface area contributed by atoms with Crippen LogP contribution in [0.2, 0.25) is 0 Å². The number of aryl methyl sites for hydroxylation is 1. The molecule has 1 aromatic heterocycles. The van der Waals surface area contributed by atoms with E-state index < -0.39 is 23.5 Å². The number of hydrogen-bond donors (Lipinski definition) is 1. The summed E-state index contributed by atoms with van der Waals surface area (Å²) in [5, 5.41) is 16.1. The second kappa shape index (κ2) is 5.15. The monoisotopic (exact) mass is 303 g/mol. The molecule has 0 unspecified atom stereocenters. The van der Waals surface area contributed by atoms with Gasteiger partial charge in [-0.25, -0.2) is 13.9 Å². The third-order valence-corrected chi connectivity index (χ3v) is 2.84. The van der Waals surface area contributed by atoms with Gasteiger partial charge in [0.2, 0.25) is 0 Å². The van der Waals surface area contributed by atoms with Crippen molar-refractivity contribution in [3.05, 3.63) is 46.5 Å². The molecule has 112 valence electrons. The summed E-state index contributed by atoms with van der Waals surface area (Å²) in [5.74, 6) is -2.38. The molecular weight excluding hydrogens is 294 g/mol. The highest BCUT2D eigenvalue weighted by molar-refractivity contribution is 5.86. The molecule has 0 spiro atoms. The highest BCUT2D eigenvalue weighted by Crippen LogP contribution is 2.30. The Bertz CT molecular complexity index is 694. The summed E-state index contributed by atoms with van der Waals surface area (Å²) in [7, 11) is 1.35. The van der Waals surface area contributed by atoms with Gasteiger partial charge in [-0.2, -0.15) is 13.2 Å². The fourth-order valence-corrected chi connectivity index (χ4v) is 1.83. The molecule has 0 bridgehead atoms. The van der Waals surface area contributed by atoms with E-state index in [1.54, 1.807) is 0 Å². The highest BCUT2D eigenvalue weighted by Gasteiger charge is 2.31. The zero-order chi connectivity index (χ0) is 15.8. The van der Waals surface area contributed by atoms with Crippen LogP contribution in [-0.4, -0.2) is 26.1 Å². The van der Waals surface area contributed by atoms with Crippen LogP contribution in [0.1, 0.15) is 27.3 Å². The van der Waals surface area contributed by atoms with Crippen molar-refractivity contribution in [1.29, 1.82) is 0 Å². The minimum atomic E-state index is -4.64. The van der Waals surface area contributed by atoms with E-state index in [1.165, 1.54) is 7.05 Å². The van der Waals surface area contributed by atoms with Crippen molar-refractivity contribution in [1.82, 2.24) is 15.0 Å². The van der Waals surface area contributed by atoms with Crippen molar-refractivity contribution >= 4 is 5.97 Å². The third kappa shape index (κ3) is 3.01. The van der Waals surface area contributed by atoms with Gasteiger partial charge in [0.1, 0.15) is 11.5 Å². The topological polar surface area (TPSA) is 68.0 Å². The van der Waals surface area contributed by atoms with Crippen LogP contribution in [0, 0.1) is 5.82 Å². The van der Waals surface area contributed by atoms with E-state index in [0.717, 1.165) is 16.8 Å². The van der Waals surface area contributed by atoms with Crippen LogP contribution in [0.5, 0.6) is 0 Å². The van der Waals surface area contributed by atoms with Crippen molar-refractivity contribution < 1.29 is 27.5 Å². The first-order valence-electron chi connectivity index (χ1n) is 5.67. The maximum atomic E-state index is 13.7. The molecule has 2 aromatic rings. The van der Waals surface area contributed by atoms with E-state index in [4.69, 9.17) is 5.11 Å². The molecule has 1 aromatic carbocycles. The molecule has 9 heteroatoms. The smallest absolute Gasteiger partial charge is 0.416 e. The maximum absolute atomic E-state index is 13.7. The fourth-order valence-electron chi connectivity index (χ4n) is 1.83. The van der Waals surface area contributed by atoms with Crippen LogP contribution in [0.4, 0.5) is 17.6 Å². The zero-order valence-electron chi connectivity index (χ0n) is 10.6. The highest BCUT2D eigenvalue weighted by atomic mass is 19.4. The molecule has 1 heterocycles. The van der Waals surface area contributed by atoms with E-state index in [9.17, 15) is 22.4 Å². The number of rotatable bonds is 3. The number of aromatic carboxylic acids is 1. The van der Waals surface area contributed by atoms with Gasteiger partial charge < -0.3 is 5.11 Å². The number of nitrogens with zero attached hydrogens (tertiary/aromatic N) is 3. The van der Waals surface area contributed by atoms with Gasteiger partial charge >= 0.3 is 12.1 Å². The summed E-state index contributed by atoms with van der Waals surface area (Å²) in [6.45, 7) is 0. The second-order valence-corrected chi connectivity index (χ2v) is 4.29. The Kier molecular flexibility index (Phi) is 3.67. The lowest BCUT2D eigenvalue weighted by atomic mass is 10.0. The Morgan fingerprint density at radius 1 is 1.38 bits per heavy atom. The first kappa shape index (κ1) is 14.9. The summed E-state index contributed by atoms with van der Waals surface area (Å²) >= 11 is 0. The Morgan fingerprint density at radius 3 is 2.57 bits per heavy atom. The van der Waals surface area contributed by atoms with Gasteiger partial charge in [0.15, 0.2) is 5.69 Å². The molecule has 0 aliphatic rings. The summed E-state index contributed by atoms with van der Waals surface area (Å²) in [5.41, 5.74) is -1.47. The predicted octanol–water partition coefficient (Wildman–Crippen LogP) is 2.26. The summed E-state index contributed by atoms with van der Waals surface area (Å²) < 4.78 is 52.0. The normalized spacial score (nSPS) is 11.7. The lowest BCUT2D eigenvalue weighted by molar-refractivity contribution is -0.137. The third-order valence-electron chi connectivity index (χ3n) is 2.84. The van der Waals surface area contributed by atoms with Crippen molar-refractivity contribution in [3.8, 4) is 0 Å². The molecule has 2 rings (SSSR count). The molecule has 0 aliphatic heterocycles. The fraction of sp³-hybridized carbons (Fsp3) is 0.250. The number of benzene rings is 1. The molecular formula is C12H9F4N3O2. The van der Waals surface area contributed by atoms with E-state index in [2.05, 4.69) is 10.3 Å². The molecule has 0 aliphatic carbocycles. The van der Waals surface area contributed by atoms with Crippen molar-refractivity contribution in [2.45, 2.75) is 12.6 Å². The number of hydrogen-bond acceptors (Lipinski definition) is 3. The van der Waals surface area contributed by atoms with Crippen molar-refractivity contribution in [2.75, 3.05) is 0 Å². The lowest BCUT2D eigenvalue weighted by Crippen LogP contribution is -2.09. The van der Waals surface area contributed by atoms with Crippen molar-refractivity contribution in [2.24, 2.45) is 7.05 Å². The van der Waals surface area contributed by atoms with E-state index in [-0.39, 0.29) is 23.4 Å². The van der Waals surface area contributed by atoms with Gasteiger partial charge in [-0.1, -0.05) is 11.3 Å². The van der Waals surface area contributed by atoms with E-state index in [1.807, 2.05) is 0 Å². The van der Waals surface area contributed by atoms with Crippen LogP contribution in [0.25, 0.3) is 0 Å². The molecule has 0 amide bonds. The average molecular weight is 303 g/mol. The first-order valence-corrected chi connectivity index (χ1v) is 5.67. The summed E-state index contributed by atoms with van der Waals surface area (Å²) in [6.07, 6.45) is -4.91. The van der Waals surface area contributed by atoms with Crippen LogP contribution in [0.15, 0.2) is 18.2 Å². The number of carbonyl (C=O) groups is 1. The number of alkyl halides is 3. The number of carboxylic acid groups (broad SMARTS) is 1. The first-order chi connectivity index (χ1) is 9.70. The Labute approximate surface area is 115 Å². The van der Waals surface area contributed by atoms with Crippen LogP contribution < -0.4 is 0 Å². The lowest BCUT2D eigenvalue weighted by Gasteiger charge is -2.08. The summed E-state index contributed by atoms with van der Waals surface area (Å²) in [4.78, 5) is 11.0. The number of halogens is 4. The maximum Gasteiger partial charge on any atom is 0.416 e. The van der Waals surface area contributed by atoms with Gasteiger partial charge in [-0.15, -0.1) is 5.10 Å². The molecule has 0 fully saturated rings. The quantitative estimate of drug-likeness (QED) is 0.883. The zero-order valence-corrected chi connectivity index (χ0v) is 10.6. The van der Waals surface area contributed by atoms with Crippen LogP contribution in [0.3, 0.4) is 0 Å². The van der Waals surface area contributed by atoms with Crippen molar-refractivity contribution in [3.63, 3.8) is 0 Å². The largest absolute Gasteiger partial charge is 0.476 e. The molecule has 0 atom stereocenters. The van der Waals surface area contributed by atoms with Crippen LogP contribution >= 0.6 is 0 Å². The van der Waals surface area contributed by atoms with Gasteiger partial charge in [0.25, 0.3) is 0 Å². The van der Waals surface area contributed by atoms with E-state index >= 15 is 0 Å². The van der Waals surface area contributed by atoms with Gasteiger partial charge in [-0.3, -0.25) is 0 Å². The molecule has 0 saturated heterocycles.